The third-order valence-corrected chi connectivity index (χ3v) is 9.72. The predicted molar refractivity (Wildman–Crippen MR) is 205 cm³/mol. The fraction of sp³-hybridized carbons (Fsp3) is 0.500. The van der Waals surface area contributed by atoms with Gasteiger partial charge in [0.05, 0.1) is 18.8 Å². The van der Waals surface area contributed by atoms with Crippen molar-refractivity contribution in [2.75, 3.05) is 26.4 Å². The average Bonchev–Trinajstić information content (AvgIpc) is 3.12. The Bertz CT molecular complexity index is 1640. The molecule has 4 rings (SSSR count). The highest BCUT2D eigenvalue weighted by Gasteiger charge is 2.28. The molecule has 0 saturated carbocycles. The largest absolute Gasteiger partial charge is 0.527 e. The Morgan fingerprint density at radius 1 is 0.706 bits per heavy atom. The van der Waals surface area contributed by atoms with Crippen LogP contribution in [-0.4, -0.2) is 37.4 Å². The van der Waals surface area contributed by atoms with Gasteiger partial charge in [-0.3, -0.25) is 9.42 Å². The number of hydrogen-bond acceptors (Lipinski definition) is 6. The zero-order valence-corrected chi connectivity index (χ0v) is 32.0. The highest BCUT2D eigenvalue weighted by molar-refractivity contribution is 7.47. The first-order chi connectivity index (χ1) is 24.8. The number of ether oxygens (including phenoxy) is 3. The Hall–Kier alpha value is -3.42. The number of phosphoric acid groups is 1. The van der Waals surface area contributed by atoms with Crippen molar-refractivity contribution in [2.45, 2.75) is 105 Å². The number of phosphoric ester groups is 1. The third-order valence-electron chi connectivity index (χ3n) is 8.82. The van der Waals surface area contributed by atoms with Crippen LogP contribution in [0.3, 0.4) is 0 Å². The third kappa shape index (κ3) is 14.3. The van der Waals surface area contributed by atoms with E-state index in [2.05, 4.69) is 23.6 Å². The van der Waals surface area contributed by atoms with Crippen LogP contribution in [0.15, 0.2) is 85.1 Å². The van der Waals surface area contributed by atoms with E-state index in [0.29, 0.717) is 25.5 Å². The Labute approximate surface area is 305 Å². The van der Waals surface area contributed by atoms with Crippen molar-refractivity contribution >= 4 is 18.7 Å². The van der Waals surface area contributed by atoms with Crippen LogP contribution in [0, 0.1) is 12.8 Å². The lowest BCUT2D eigenvalue weighted by Crippen LogP contribution is -2.34. The van der Waals surface area contributed by atoms with Gasteiger partial charge in [-0.15, -0.1) is 0 Å². The molecule has 0 radical (unpaired) electrons. The van der Waals surface area contributed by atoms with E-state index < -0.39 is 13.9 Å². The monoisotopic (exact) mass is 720 g/mol. The minimum absolute atomic E-state index is 0.129. The number of fused-ring (bicyclic) bond motifs is 1. The van der Waals surface area contributed by atoms with Crippen molar-refractivity contribution in [3.63, 3.8) is 0 Å². The van der Waals surface area contributed by atoms with Crippen molar-refractivity contribution in [3.8, 4) is 17.2 Å². The summed E-state index contributed by atoms with van der Waals surface area (Å²) in [5.41, 5.74) is 2.70. The molecule has 1 heterocycles. The van der Waals surface area contributed by atoms with Crippen molar-refractivity contribution < 1.29 is 37.3 Å². The molecule has 278 valence electrons. The minimum atomic E-state index is -4.50. The van der Waals surface area contributed by atoms with Crippen LogP contribution >= 0.6 is 7.82 Å². The Morgan fingerprint density at radius 2 is 1.33 bits per heavy atom. The van der Waals surface area contributed by atoms with E-state index in [4.69, 9.17) is 23.3 Å². The number of para-hydroxylation sites is 2. The van der Waals surface area contributed by atoms with Gasteiger partial charge in [-0.05, 0) is 55.7 Å². The molecule has 0 aliphatic carbocycles. The first-order valence-electron chi connectivity index (χ1n) is 18.8. The first-order valence-corrected chi connectivity index (χ1v) is 20.3. The summed E-state index contributed by atoms with van der Waals surface area (Å²) in [7, 11) is -4.50. The fourth-order valence-electron chi connectivity index (χ4n) is 5.93. The quantitative estimate of drug-likeness (QED) is 0.0414. The Kier molecular flexibility index (Phi) is 17.3. The lowest BCUT2D eigenvalue weighted by Gasteiger charge is -2.22. The van der Waals surface area contributed by atoms with E-state index in [1.165, 1.54) is 57.8 Å². The number of pyridine rings is 1. The fourth-order valence-corrected chi connectivity index (χ4v) is 6.76. The zero-order valence-electron chi connectivity index (χ0n) is 31.1. The summed E-state index contributed by atoms with van der Waals surface area (Å²) in [6.45, 7) is 9.84. The molecule has 0 aliphatic heterocycles. The molecule has 8 nitrogen and oxygen atoms in total. The van der Waals surface area contributed by atoms with Crippen LogP contribution in [0.1, 0.15) is 96.1 Å². The maximum atomic E-state index is 13.3. The maximum Gasteiger partial charge on any atom is 0.527 e. The second-order valence-corrected chi connectivity index (χ2v) is 15.1. The van der Waals surface area contributed by atoms with Crippen molar-refractivity contribution in [1.29, 1.82) is 0 Å². The molecular formula is C42H59NO7P+. The predicted octanol–water partition coefficient (Wildman–Crippen LogP) is 10.4. The van der Waals surface area contributed by atoms with Crippen molar-refractivity contribution in [2.24, 2.45) is 5.92 Å². The molecule has 0 saturated heterocycles. The summed E-state index contributed by atoms with van der Waals surface area (Å²) in [5, 5.41) is 1.10. The second kappa shape index (κ2) is 21.8. The molecule has 0 aliphatic rings. The molecule has 0 amide bonds. The van der Waals surface area contributed by atoms with Gasteiger partial charge >= 0.3 is 7.82 Å². The van der Waals surface area contributed by atoms with E-state index in [9.17, 15) is 9.46 Å². The van der Waals surface area contributed by atoms with Gasteiger partial charge in [0, 0.05) is 29.7 Å². The van der Waals surface area contributed by atoms with Gasteiger partial charge < -0.3 is 18.7 Å². The lowest BCUT2D eigenvalue weighted by molar-refractivity contribution is -0.662. The SMILES string of the molecule is CCCCCCCCCCCCOc1cccc(OCC(COP(=O)(O)Oc2ccccc2C[n+]2cccc3ccccc32)OCC(C)C)c1C. The van der Waals surface area contributed by atoms with Gasteiger partial charge in [0.15, 0.2) is 12.7 Å². The molecule has 3 aromatic carbocycles. The van der Waals surface area contributed by atoms with E-state index in [0.717, 1.165) is 34.2 Å². The van der Waals surface area contributed by atoms with Crippen LogP contribution in [0.5, 0.6) is 17.2 Å². The molecular weight excluding hydrogens is 661 g/mol. The topological polar surface area (TPSA) is 87.3 Å². The summed E-state index contributed by atoms with van der Waals surface area (Å²) in [4.78, 5) is 10.8. The van der Waals surface area contributed by atoms with Gasteiger partial charge in [-0.1, -0.05) is 109 Å². The molecule has 0 fully saturated rings. The van der Waals surface area contributed by atoms with Crippen molar-refractivity contribution in [1.82, 2.24) is 0 Å². The lowest BCUT2D eigenvalue weighted by atomic mass is 10.1. The Balaban J connectivity index is 1.28. The van der Waals surface area contributed by atoms with Crippen LogP contribution < -0.4 is 18.6 Å². The second-order valence-electron chi connectivity index (χ2n) is 13.7. The summed E-state index contributed by atoms with van der Waals surface area (Å²) >= 11 is 0. The number of nitrogens with zero attached hydrogens (tertiary/aromatic N) is 1. The number of rotatable bonds is 25. The minimum Gasteiger partial charge on any atom is -0.493 e. The highest BCUT2D eigenvalue weighted by Crippen LogP contribution is 2.45. The van der Waals surface area contributed by atoms with Crippen LogP contribution in [0.4, 0.5) is 0 Å². The van der Waals surface area contributed by atoms with Gasteiger partial charge in [-0.25, -0.2) is 4.57 Å². The van der Waals surface area contributed by atoms with Gasteiger partial charge in [0.2, 0.25) is 5.52 Å². The maximum absolute atomic E-state index is 13.3. The van der Waals surface area contributed by atoms with Gasteiger partial charge in [0.25, 0.3) is 0 Å². The molecule has 4 aromatic rings. The number of hydrogen-bond donors (Lipinski definition) is 1. The number of aromatic nitrogens is 1. The van der Waals surface area contributed by atoms with E-state index in [1.54, 1.807) is 12.1 Å². The van der Waals surface area contributed by atoms with E-state index >= 15 is 0 Å². The average molecular weight is 721 g/mol. The molecule has 2 unspecified atom stereocenters. The standard InChI is InChI=1S/C42H58NO7P/c1-5-6-7-8-9-10-11-12-13-18-29-46-40-26-19-27-41(35(40)4)48-32-38(47-31-34(2)3)33-49-51(44,45)50-42-25-17-15-22-37(42)30-43-28-20-23-36-21-14-16-24-39(36)43/h14-17,19-28,34,38H,5-13,18,29-33H2,1-4H3/p+1. The summed E-state index contributed by atoms with van der Waals surface area (Å²) in [6, 6.07) is 25.1. The highest BCUT2D eigenvalue weighted by atomic mass is 31.2. The van der Waals surface area contributed by atoms with Crippen molar-refractivity contribution in [3.05, 3.63) is 96.2 Å². The molecule has 2 atom stereocenters. The normalized spacial score (nSPS) is 13.3. The Morgan fingerprint density at radius 3 is 2.08 bits per heavy atom. The first kappa shape index (κ1) is 40.4. The van der Waals surface area contributed by atoms with E-state index in [1.807, 2.05) is 81.6 Å². The smallest absolute Gasteiger partial charge is 0.493 e. The molecule has 1 N–H and O–H groups in total. The number of unbranched alkanes of at least 4 members (excludes halogenated alkanes) is 9. The van der Waals surface area contributed by atoms with Crippen LogP contribution in [0.25, 0.3) is 10.9 Å². The van der Waals surface area contributed by atoms with Crippen LogP contribution in [0.2, 0.25) is 0 Å². The zero-order chi connectivity index (χ0) is 36.3. The van der Waals surface area contributed by atoms with E-state index in [-0.39, 0.29) is 24.9 Å². The molecule has 1 aromatic heterocycles. The summed E-state index contributed by atoms with van der Waals surface area (Å²) < 4.78 is 44.9. The number of benzene rings is 3. The molecule has 0 spiro atoms. The summed E-state index contributed by atoms with van der Waals surface area (Å²) in [6.07, 6.45) is 14.2. The molecule has 51 heavy (non-hydrogen) atoms. The summed E-state index contributed by atoms with van der Waals surface area (Å²) in [5.74, 6) is 2.02. The molecule has 0 bridgehead atoms. The van der Waals surface area contributed by atoms with Crippen LogP contribution in [-0.2, 0) is 20.4 Å². The molecule has 9 heteroatoms. The van der Waals surface area contributed by atoms with Gasteiger partial charge in [-0.2, -0.15) is 4.57 Å². The van der Waals surface area contributed by atoms with Gasteiger partial charge in [0.1, 0.15) is 30.0 Å².